The first kappa shape index (κ1) is 16.4. The molecule has 1 aliphatic rings. The molecule has 0 bridgehead atoms. The normalized spacial score (nSPS) is 20.7. The van der Waals surface area contributed by atoms with E-state index in [1.165, 1.54) is 17.3 Å². The summed E-state index contributed by atoms with van der Waals surface area (Å²) in [6.45, 7) is 3.81. The topological polar surface area (TPSA) is 66.8 Å². The molecule has 118 valence electrons. The van der Waals surface area contributed by atoms with Crippen molar-refractivity contribution in [2.24, 2.45) is 0 Å². The van der Waals surface area contributed by atoms with Crippen molar-refractivity contribution in [2.45, 2.75) is 37.9 Å². The van der Waals surface area contributed by atoms with E-state index in [4.69, 9.17) is 9.84 Å². The molecule has 1 aromatic rings. The van der Waals surface area contributed by atoms with Crippen molar-refractivity contribution in [3.63, 3.8) is 0 Å². The van der Waals surface area contributed by atoms with Gasteiger partial charge in [0.15, 0.2) is 0 Å². The minimum Gasteiger partial charge on any atom is -0.392 e. The molecule has 1 aliphatic heterocycles. The monoisotopic (exact) mass is 317 g/mol. The van der Waals surface area contributed by atoms with Gasteiger partial charge in [-0.2, -0.15) is 4.31 Å². The molecule has 0 radical (unpaired) electrons. The summed E-state index contributed by atoms with van der Waals surface area (Å²) < 4.78 is 46.1. The van der Waals surface area contributed by atoms with Crippen LogP contribution in [0.4, 0.5) is 4.39 Å². The maximum atomic E-state index is 13.8. The van der Waals surface area contributed by atoms with Crippen molar-refractivity contribution in [2.75, 3.05) is 19.7 Å². The van der Waals surface area contributed by atoms with E-state index in [9.17, 15) is 12.8 Å². The molecule has 0 spiro atoms. The second kappa shape index (κ2) is 6.39. The van der Waals surface area contributed by atoms with Crippen molar-refractivity contribution in [1.29, 1.82) is 0 Å². The number of ether oxygens (including phenoxy) is 1. The van der Waals surface area contributed by atoms with Crippen LogP contribution in [0.3, 0.4) is 0 Å². The van der Waals surface area contributed by atoms with Crippen LogP contribution in [0.25, 0.3) is 0 Å². The Bertz CT molecular complexity index is 618. The fourth-order valence-corrected chi connectivity index (χ4v) is 4.10. The van der Waals surface area contributed by atoms with Gasteiger partial charge in [0, 0.05) is 18.7 Å². The van der Waals surface area contributed by atoms with Crippen molar-refractivity contribution in [1.82, 2.24) is 4.31 Å². The summed E-state index contributed by atoms with van der Waals surface area (Å²) in [5.74, 6) is -0.625. The lowest BCUT2D eigenvalue weighted by Crippen LogP contribution is -2.45. The summed E-state index contributed by atoms with van der Waals surface area (Å²) in [4.78, 5) is -0.0803. The first-order valence-corrected chi connectivity index (χ1v) is 8.35. The molecule has 2 rings (SSSR count). The van der Waals surface area contributed by atoms with Crippen molar-refractivity contribution >= 4 is 10.0 Å². The molecule has 1 atom stereocenters. The molecular weight excluding hydrogens is 297 g/mol. The lowest BCUT2D eigenvalue weighted by molar-refractivity contribution is -0.00279. The number of halogens is 1. The van der Waals surface area contributed by atoms with Gasteiger partial charge in [-0.25, -0.2) is 12.8 Å². The van der Waals surface area contributed by atoms with E-state index < -0.39 is 22.4 Å². The van der Waals surface area contributed by atoms with Crippen LogP contribution in [-0.4, -0.2) is 43.6 Å². The average Bonchev–Trinajstić information content (AvgIpc) is 2.49. The molecule has 1 unspecified atom stereocenters. The Hall–Kier alpha value is -1.02. The molecule has 0 amide bonds. The molecule has 5 nitrogen and oxygen atoms in total. The van der Waals surface area contributed by atoms with E-state index in [0.717, 1.165) is 12.5 Å². The zero-order chi connectivity index (χ0) is 15.6. The Morgan fingerprint density at radius 1 is 1.48 bits per heavy atom. The van der Waals surface area contributed by atoms with Gasteiger partial charge in [-0.1, -0.05) is 6.92 Å². The Labute approximate surface area is 124 Å². The molecular formula is C14H20FNO4S. The summed E-state index contributed by atoms with van der Waals surface area (Å²) >= 11 is 0. The second-order valence-electron chi connectivity index (χ2n) is 5.12. The number of morpholine rings is 1. The fraction of sp³-hybridized carbons (Fsp3) is 0.571. The van der Waals surface area contributed by atoms with Gasteiger partial charge in [0.1, 0.15) is 5.82 Å². The minimum absolute atomic E-state index is 0.0757. The van der Waals surface area contributed by atoms with Crippen LogP contribution in [0.5, 0.6) is 0 Å². The number of benzene rings is 1. The lowest BCUT2D eigenvalue weighted by atomic mass is 10.1. The third-order valence-corrected chi connectivity index (χ3v) is 5.71. The minimum atomic E-state index is -3.79. The van der Waals surface area contributed by atoms with Gasteiger partial charge in [0.2, 0.25) is 10.0 Å². The quantitative estimate of drug-likeness (QED) is 0.912. The molecule has 1 fully saturated rings. The van der Waals surface area contributed by atoms with Crippen molar-refractivity contribution < 1.29 is 22.7 Å². The number of sulfonamides is 1. The molecule has 1 saturated heterocycles. The third-order valence-electron chi connectivity index (χ3n) is 3.71. The molecule has 1 heterocycles. The van der Waals surface area contributed by atoms with Crippen LogP contribution < -0.4 is 0 Å². The number of aliphatic hydroxyl groups excluding tert-OH is 1. The van der Waals surface area contributed by atoms with Gasteiger partial charge in [0.25, 0.3) is 0 Å². The lowest BCUT2D eigenvalue weighted by Gasteiger charge is -2.32. The van der Waals surface area contributed by atoms with Crippen LogP contribution in [0.1, 0.15) is 24.5 Å². The van der Waals surface area contributed by atoms with Crippen LogP contribution in [0, 0.1) is 12.7 Å². The van der Waals surface area contributed by atoms with Gasteiger partial charge in [-0.3, -0.25) is 0 Å². The Kier molecular flexibility index (Phi) is 4.98. The highest BCUT2D eigenvalue weighted by atomic mass is 32.2. The van der Waals surface area contributed by atoms with Crippen molar-refractivity contribution in [3.05, 3.63) is 29.1 Å². The molecule has 0 saturated carbocycles. The molecule has 0 aliphatic carbocycles. The van der Waals surface area contributed by atoms with E-state index in [2.05, 4.69) is 0 Å². The predicted molar refractivity (Wildman–Crippen MR) is 75.8 cm³/mol. The summed E-state index contributed by atoms with van der Waals surface area (Å²) in [6, 6.07) is 2.49. The molecule has 1 N–H and O–H groups in total. The first-order chi connectivity index (χ1) is 9.90. The van der Waals surface area contributed by atoms with Gasteiger partial charge in [-0.15, -0.1) is 0 Å². The smallest absolute Gasteiger partial charge is 0.243 e. The Morgan fingerprint density at radius 3 is 2.81 bits per heavy atom. The van der Waals surface area contributed by atoms with Gasteiger partial charge < -0.3 is 9.84 Å². The maximum absolute atomic E-state index is 13.8. The first-order valence-electron chi connectivity index (χ1n) is 6.91. The predicted octanol–water partition coefficient (Wildman–Crippen LogP) is 1.43. The summed E-state index contributed by atoms with van der Waals surface area (Å²) in [7, 11) is -3.79. The van der Waals surface area contributed by atoms with Crippen LogP contribution in [-0.2, 0) is 21.4 Å². The largest absolute Gasteiger partial charge is 0.392 e. The second-order valence-corrected chi connectivity index (χ2v) is 7.03. The van der Waals surface area contributed by atoms with E-state index >= 15 is 0 Å². The van der Waals surface area contributed by atoms with Crippen LogP contribution >= 0.6 is 0 Å². The van der Waals surface area contributed by atoms with Gasteiger partial charge in [0.05, 0.1) is 24.2 Å². The molecule has 0 aromatic heterocycles. The zero-order valence-corrected chi connectivity index (χ0v) is 13.0. The summed E-state index contributed by atoms with van der Waals surface area (Å²) in [6.07, 6.45) is 0.579. The SMILES string of the molecule is CCC1CN(S(=O)(=O)c2cc(CO)cc(F)c2C)CCO1. The van der Waals surface area contributed by atoms with E-state index in [1.807, 2.05) is 6.92 Å². The highest BCUT2D eigenvalue weighted by Gasteiger charge is 2.32. The molecule has 7 heteroatoms. The van der Waals surface area contributed by atoms with Gasteiger partial charge >= 0.3 is 0 Å². The molecule has 1 aromatic carbocycles. The van der Waals surface area contributed by atoms with Crippen LogP contribution in [0.15, 0.2) is 17.0 Å². The summed E-state index contributed by atoms with van der Waals surface area (Å²) in [5, 5.41) is 9.14. The third kappa shape index (κ3) is 3.26. The fourth-order valence-electron chi connectivity index (χ4n) is 2.36. The van der Waals surface area contributed by atoms with E-state index in [-0.39, 0.29) is 35.2 Å². The van der Waals surface area contributed by atoms with Crippen LogP contribution in [0.2, 0.25) is 0 Å². The molecule has 21 heavy (non-hydrogen) atoms. The number of hydrogen-bond acceptors (Lipinski definition) is 4. The highest BCUT2D eigenvalue weighted by Crippen LogP contribution is 2.25. The Morgan fingerprint density at radius 2 is 2.19 bits per heavy atom. The van der Waals surface area contributed by atoms with Gasteiger partial charge in [-0.05, 0) is 31.0 Å². The number of rotatable bonds is 4. The van der Waals surface area contributed by atoms with E-state index in [0.29, 0.717) is 6.61 Å². The number of nitrogens with zero attached hydrogens (tertiary/aromatic N) is 1. The maximum Gasteiger partial charge on any atom is 0.243 e. The Balaban J connectivity index is 2.41. The number of hydrogen-bond donors (Lipinski definition) is 1. The standard InChI is InChI=1S/C14H20FNO4S/c1-3-12-8-16(4-5-20-12)21(18,19)14-7-11(9-17)6-13(15)10(14)2/h6-7,12,17H,3-5,8-9H2,1-2H3. The number of aliphatic hydroxyl groups is 1. The highest BCUT2D eigenvalue weighted by molar-refractivity contribution is 7.89. The summed E-state index contributed by atoms with van der Waals surface area (Å²) in [5.41, 5.74) is 0.323. The zero-order valence-electron chi connectivity index (χ0n) is 12.2. The average molecular weight is 317 g/mol. The van der Waals surface area contributed by atoms with E-state index in [1.54, 1.807) is 0 Å². The van der Waals surface area contributed by atoms with Crippen molar-refractivity contribution in [3.8, 4) is 0 Å².